The summed E-state index contributed by atoms with van der Waals surface area (Å²) in [5.41, 5.74) is 2.34. The summed E-state index contributed by atoms with van der Waals surface area (Å²) in [7, 11) is 1.89. The van der Waals surface area contributed by atoms with E-state index in [1.807, 2.05) is 49.7 Å². The molecule has 2 aromatic heterocycles. The number of imidazole rings is 1. The number of nitrogens with zero attached hydrogens (tertiary/aromatic N) is 4. The number of amides is 2. The topological polar surface area (TPSA) is 114 Å². The minimum Gasteiger partial charge on any atom is -0.384 e. The van der Waals surface area contributed by atoms with Gasteiger partial charge >= 0.3 is 0 Å². The zero-order chi connectivity index (χ0) is 27.2. The van der Waals surface area contributed by atoms with E-state index in [0.29, 0.717) is 28.9 Å². The maximum Gasteiger partial charge on any atom is 0.270 e. The Hall–Kier alpha value is -3.46. The van der Waals surface area contributed by atoms with Crippen molar-refractivity contribution in [3.8, 4) is 11.3 Å². The van der Waals surface area contributed by atoms with Crippen LogP contribution >= 0.6 is 0 Å². The predicted molar refractivity (Wildman–Crippen MR) is 145 cm³/mol. The zero-order valence-corrected chi connectivity index (χ0v) is 22.8. The number of aromatic nitrogens is 4. The van der Waals surface area contributed by atoms with E-state index in [1.165, 1.54) is 0 Å². The maximum absolute atomic E-state index is 13.7. The van der Waals surface area contributed by atoms with Crippen molar-refractivity contribution in [3.05, 3.63) is 54.2 Å². The van der Waals surface area contributed by atoms with E-state index >= 15 is 0 Å². The van der Waals surface area contributed by atoms with Gasteiger partial charge in [-0.15, -0.1) is 0 Å². The number of anilines is 1. The maximum atomic E-state index is 13.7. The smallest absolute Gasteiger partial charge is 0.270 e. The molecule has 202 valence electrons. The fourth-order valence-electron chi connectivity index (χ4n) is 5.50. The van der Waals surface area contributed by atoms with Crippen LogP contribution in [0, 0.1) is 17.8 Å². The summed E-state index contributed by atoms with van der Waals surface area (Å²) < 4.78 is 3.57. The molecule has 0 saturated heterocycles. The van der Waals surface area contributed by atoms with Crippen molar-refractivity contribution < 1.29 is 14.7 Å². The molecule has 2 fully saturated rings. The second-order valence-corrected chi connectivity index (χ2v) is 11.6. The molecule has 0 aliphatic heterocycles. The Labute approximate surface area is 223 Å². The Kier molecular flexibility index (Phi) is 6.90. The molecule has 9 nitrogen and oxygen atoms in total. The van der Waals surface area contributed by atoms with Crippen LogP contribution in [0.3, 0.4) is 0 Å². The molecule has 1 atom stereocenters. The number of aryl methyl sites for hydroxylation is 1. The monoisotopic (exact) mass is 518 g/mol. The van der Waals surface area contributed by atoms with Crippen molar-refractivity contribution >= 4 is 17.5 Å². The van der Waals surface area contributed by atoms with Crippen LogP contribution in [0.1, 0.15) is 75.6 Å². The average Bonchev–Trinajstić information content (AvgIpc) is 3.78. The summed E-state index contributed by atoms with van der Waals surface area (Å²) in [6.07, 6.45) is 7.73. The molecule has 2 aliphatic rings. The Morgan fingerprint density at radius 3 is 2.24 bits per heavy atom. The van der Waals surface area contributed by atoms with Gasteiger partial charge < -0.3 is 20.3 Å². The van der Waals surface area contributed by atoms with Crippen LogP contribution in [0.15, 0.2) is 42.9 Å². The Morgan fingerprint density at radius 1 is 1.05 bits per heavy atom. The van der Waals surface area contributed by atoms with E-state index in [0.717, 1.165) is 36.9 Å². The lowest BCUT2D eigenvalue weighted by Crippen LogP contribution is -2.50. The third-order valence-corrected chi connectivity index (χ3v) is 7.62. The minimum absolute atomic E-state index is 0.0375. The predicted octanol–water partition coefficient (Wildman–Crippen LogP) is 4.27. The van der Waals surface area contributed by atoms with Crippen molar-refractivity contribution in [2.75, 3.05) is 5.32 Å². The SMILES string of the molecule is CC(C)n1nccc1C(=O)N[C@H](C(=O)Nc1ccc(-c2c(C(C)(C)O)ncn2C)cc1)C(C1CC1)C1CC1. The van der Waals surface area contributed by atoms with Gasteiger partial charge in [0.2, 0.25) is 5.91 Å². The molecule has 1 aromatic carbocycles. The highest BCUT2D eigenvalue weighted by atomic mass is 16.3. The summed E-state index contributed by atoms with van der Waals surface area (Å²) in [5, 5.41) is 21.0. The van der Waals surface area contributed by atoms with Gasteiger partial charge in [-0.3, -0.25) is 14.3 Å². The number of carbonyl (C=O) groups is 2. The fourth-order valence-corrected chi connectivity index (χ4v) is 5.50. The minimum atomic E-state index is -1.08. The van der Waals surface area contributed by atoms with Crippen molar-refractivity contribution in [1.82, 2.24) is 24.6 Å². The fraction of sp³-hybridized carbons (Fsp3) is 0.517. The Morgan fingerprint density at radius 2 is 1.68 bits per heavy atom. The van der Waals surface area contributed by atoms with E-state index in [-0.39, 0.29) is 23.8 Å². The van der Waals surface area contributed by atoms with E-state index in [4.69, 9.17) is 0 Å². The average molecular weight is 519 g/mol. The van der Waals surface area contributed by atoms with Gasteiger partial charge in [0.15, 0.2) is 0 Å². The Balaban J connectivity index is 1.37. The van der Waals surface area contributed by atoms with Gasteiger partial charge in [-0.1, -0.05) is 12.1 Å². The molecule has 2 saturated carbocycles. The molecular weight excluding hydrogens is 480 g/mol. The van der Waals surface area contributed by atoms with Gasteiger partial charge in [-0.25, -0.2) is 4.98 Å². The van der Waals surface area contributed by atoms with Crippen LogP contribution in [0.5, 0.6) is 0 Å². The molecule has 2 aliphatic carbocycles. The quantitative estimate of drug-likeness (QED) is 0.371. The highest BCUT2D eigenvalue weighted by molar-refractivity contribution is 6.01. The van der Waals surface area contributed by atoms with Crippen molar-refractivity contribution in [2.24, 2.45) is 24.8 Å². The molecule has 2 amide bonds. The van der Waals surface area contributed by atoms with Gasteiger partial charge in [0, 0.05) is 30.5 Å². The molecule has 3 N–H and O–H groups in total. The summed E-state index contributed by atoms with van der Waals surface area (Å²) in [4.78, 5) is 31.4. The van der Waals surface area contributed by atoms with E-state index in [9.17, 15) is 14.7 Å². The molecule has 0 spiro atoms. The van der Waals surface area contributed by atoms with E-state index < -0.39 is 11.6 Å². The molecule has 5 rings (SSSR count). The summed E-state index contributed by atoms with van der Waals surface area (Å²) >= 11 is 0. The summed E-state index contributed by atoms with van der Waals surface area (Å²) in [6, 6.07) is 8.65. The Bertz CT molecular complexity index is 1300. The summed E-state index contributed by atoms with van der Waals surface area (Å²) in [6.45, 7) is 7.38. The number of hydrogen-bond acceptors (Lipinski definition) is 5. The largest absolute Gasteiger partial charge is 0.384 e. The van der Waals surface area contributed by atoms with Crippen LogP contribution in [-0.2, 0) is 17.4 Å². The van der Waals surface area contributed by atoms with Gasteiger partial charge in [0.1, 0.15) is 17.3 Å². The lowest BCUT2D eigenvalue weighted by molar-refractivity contribution is -0.119. The van der Waals surface area contributed by atoms with Crippen molar-refractivity contribution in [2.45, 2.75) is 71.1 Å². The number of nitrogens with one attached hydrogen (secondary N) is 2. The second kappa shape index (κ2) is 10.0. The number of benzene rings is 1. The third kappa shape index (κ3) is 5.38. The van der Waals surface area contributed by atoms with Gasteiger partial charge in [0.25, 0.3) is 5.91 Å². The first-order chi connectivity index (χ1) is 18.0. The standard InChI is InChI=1S/C29H38N6O3/c1-17(2)35-22(14-15-31-35)27(36)33-24(23(18-6-7-18)19-8-9-19)28(37)32-21-12-10-20(11-13-21)25-26(29(3,4)38)30-16-34(25)5/h10-19,23-24,38H,6-9H2,1-5H3,(H,32,37)(H,33,36)/t24-/m0/s1. The first-order valence-corrected chi connectivity index (χ1v) is 13.5. The first kappa shape index (κ1) is 26.2. The third-order valence-electron chi connectivity index (χ3n) is 7.62. The van der Waals surface area contributed by atoms with Crippen LogP contribution < -0.4 is 10.6 Å². The molecule has 0 radical (unpaired) electrons. The number of hydrogen-bond donors (Lipinski definition) is 3. The molecule has 9 heteroatoms. The number of carbonyl (C=O) groups excluding carboxylic acids is 2. The zero-order valence-electron chi connectivity index (χ0n) is 22.8. The first-order valence-electron chi connectivity index (χ1n) is 13.5. The molecule has 3 aromatic rings. The highest BCUT2D eigenvalue weighted by Gasteiger charge is 2.48. The van der Waals surface area contributed by atoms with Crippen molar-refractivity contribution in [1.29, 1.82) is 0 Å². The van der Waals surface area contributed by atoms with Gasteiger partial charge in [0.05, 0.1) is 17.7 Å². The number of rotatable bonds is 10. The van der Waals surface area contributed by atoms with E-state index in [2.05, 4.69) is 20.7 Å². The van der Waals surface area contributed by atoms with Gasteiger partial charge in [-0.05, 0) is 89.3 Å². The number of aliphatic hydroxyl groups is 1. The lowest BCUT2D eigenvalue weighted by Gasteiger charge is -2.28. The highest BCUT2D eigenvalue weighted by Crippen LogP contribution is 2.51. The van der Waals surface area contributed by atoms with Crippen molar-refractivity contribution in [3.63, 3.8) is 0 Å². The second-order valence-electron chi connectivity index (χ2n) is 11.6. The molecule has 2 heterocycles. The van der Waals surface area contributed by atoms with Crippen LogP contribution in [0.25, 0.3) is 11.3 Å². The normalized spacial score (nSPS) is 16.6. The van der Waals surface area contributed by atoms with Gasteiger partial charge in [-0.2, -0.15) is 5.10 Å². The van der Waals surface area contributed by atoms with Crippen LogP contribution in [0.4, 0.5) is 5.69 Å². The molecule has 0 unspecified atom stereocenters. The van der Waals surface area contributed by atoms with Crippen LogP contribution in [0.2, 0.25) is 0 Å². The van der Waals surface area contributed by atoms with Crippen LogP contribution in [-0.4, -0.2) is 42.3 Å². The lowest BCUT2D eigenvalue weighted by atomic mass is 9.88. The summed E-state index contributed by atoms with van der Waals surface area (Å²) in [5.74, 6) is 0.621. The molecular formula is C29H38N6O3. The molecule has 0 bridgehead atoms. The van der Waals surface area contributed by atoms with E-state index in [1.54, 1.807) is 37.1 Å². The molecule has 38 heavy (non-hydrogen) atoms.